The molecule has 1 fully saturated rings. The molecule has 5 heteroatoms. The topological polar surface area (TPSA) is 51.2 Å². The molecule has 1 saturated carbocycles. The highest BCUT2D eigenvalue weighted by atomic mass is 32.1. The van der Waals surface area contributed by atoms with Gasteiger partial charge in [0, 0.05) is 5.39 Å². The normalized spacial score (nSPS) is 15.9. The van der Waals surface area contributed by atoms with Gasteiger partial charge in [-0.3, -0.25) is 10.1 Å². The van der Waals surface area contributed by atoms with E-state index in [0.29, 0.717) is 17.7 Å². The van der Waals surface area contributed by atoms with Gasteiger partial charge in [0.05, 0.1) is 16.8 Å². The zero-order valence-corrected chi connectivity index (χ0v) is 13.7. The lowest BCUT2D eigenvalue weighted by atomic mass is 10.1. The van der Waals surface area contributed by atoms with Gasteiger partial charge < -0.3 is 4.74 Å². The maximum Gasteiger partial charge on any atom is 0.254 e. The summed E-state index contributed by atoms with van der Waals surface area (Å²) in [6, 6.07) is 12.3. The standard InChI is InChI=1S/C18H18N2O2S/c1-11(22-10-12-6-7-12)17(21)20-18-19-16-14-5-3-2-4-13(14)8-9-15(16)23-18/h2-5,8-9,11-12H,6-7,10H2,1H3,(H,19,20,21). The van der Waals surface area contributed by atoms with Crippen LogP contribution in [0.4, 0.5) is 5.13 Å². The van der Waals surface area contributed by atoms with Gasteiger partial charge in [0.2, 0.25) is 0 Å². The van der Waals surface area contributed by atoms with Gasteiger partial charge in [-0.2, -0.15) is 0 Å². The van der Waals surface area contributed by atoms with E-state index >= 15 is 0 Å². The van der Waals surface area contributed by atoms with Crippen molar-refractivity contribution in [3.05, 3.63) is 36.4 Å². The first-order valence-electron chi connectivity index (χ1n) is 7.91. The van der Waals surface area contributed by atoms with E-state index in [2.05, 4.69) is 34.6 Å². The molecule has 3 aromatic rings. The smallest absolute Gasteiger partial charge is 0.254 e. The van der Waals surface area contributed by atoms with Crippen molar-refractivity contribution in [1.29, 1.82) is 0 Å². The summed E-state index contributed by atoms with van der Waals surface area (Å²) in [7, 11) is 0. The van der Waals surface area contributed by atoms with Crippen molar-refractivity contribution in [1.82, 2.24) is 4.98 Å². The number of aromatic nitrogens is 1. The highest BCUT2D eigenvalue weighted by molar-refractivity contribution is 7.22. The van der Waals surface area contributed by atoms with Gasteiger partial charge in [-0.25, -0.2) is 4.98 Å². The number of carbonyl (C=O) groups is 1. The Labute approximate surface area is 138 Å². The second kappa shape index (κ2) is 5.91. The van der Waals surface area contributed by atoms with Crippen LogP contribution < -0.4 is 5.32 Å². The summed E-state index contributed by atoms with van der Waals surface area (Å²) in [6.07, 6.45) is 2.00. The first-order chi connectivity index (χ1) is 11.2. The third-order valence-electron chi connectivity index (χ3n) is 4.16. The summed E-state index contributed by atoms with van der Waals surface area (Å²) in [5.74, 6) is 0.521. The number of nitrogens with zero attached hydrogens (tertiary/aromatic N) is 1. The number of carbonyl (C=O) groups excluding carboxylic acids is 1. The summed E-state index contributed by atoms with van der Waals surface area (Å²) in [5.41, 5.74) is 0.940. The van der Waals surface area contributed by atoms with Gasteiger partial charge in [0.1, 0.15) is 6.10 Å². The number of fused-ring (bicyclic) bond motifs is 3. The van der Waals surface area contributed by atoms with Crippen molar-refractivity contribution in [2.45, 2.75) is 25.9 Å². The lowest BCUT2D eigenvalue weighted by Gasteiger charge is -2.11. The van der Waals surface area contributed by atoms with Crippen LogP contribution in [-0.2, 0) is 9.53 Å². The molecule has 0 radical (unpaired) electrons. The van der Waals surface area contributed by atoms with Crippen LogP contribution in [0.5, 0.6) is 0 Å². The van der Waals surface area contributed by atoms with E-state index in [1.54, 1.807) is 6.92 Å². The van der Waals surface area contributed by atoms with Gasteiger partial charge in [-0.15, -0.1) is 0 Å². The van der Waals surface area contributed by atoms with Crippen molar-refractivity contribution in [2.24, 2.45) is 5.92 Å². The number of ether oxygens (including phenoxy) is 1. The Morgan fingerprint density at radius 2 is 2.17 bits per heavy atom. The van der Waals surface area contributed by atoms with Crippen LogP contribution in [0.3, 0.4) is 0 Å². The van der Waals surface area contributed by atoms with E-state index in [-0.39, 0.29) is 5.91 Å². The Morgan fingerprint density at radius 1 is 1.35 bits per heavy atom. The summed E-state index contributed by atoms with van der Waals surface area (Å²) < 4.78 is 6.68. The molecule has 1 aliphatic carbocycles. The zero-order valence-electron chi connectivity index (χ0n) is 12.9. The second-order valence-electron chi connectivity index (χ2n) is 6.06. The van der Waals surface area contributed by atoms with Crippen LogP contribution in [0.25, 0.3) is 21.0 Å². The Balaban J connectivity index is 1.54. The van der Waals surface area contributed by atoms with Gasteiger partial charge in [-0.05, 0) is 37.1 Å². The SMILES string of the molecule is CC(OCC1CC1)C(=O)Nc1nc2c(ccc3ccccc32)s1. The van der Waals surface area contributed by atoms with Crippen molar-refractivity contribution in [3.63, 3.8) is 0 Å². The van der Waals surface area contributed by atoms with Crippen LogP contribution in [0, 0.1) is 5.92 Å². The predicted molar refractivity (Wildman–Crippen MR) is 93.9 cm³/mol. The summed E-state index contributed by atoms with van der Waals surface area (Å²) in [4.78, 5) is 16.8. The average Bonchev–Trinajstić information content (AvgIpc) is 3.30. The zero-order chi connectivity index (χ0) is 15.8. The summed E-state index contributed by atoms with van der Waals surface area (Å²) >= 11 is 1.50. The fourth-order valence-electron chi connectivity index (χ4n) is 2.56. The number of amides is 1. The molecule has 1 atom stereocenters. The lowest BCUT2D eigenvalue weighted by Crippen LogP contribution is -2.28. The van der Waals surface area contributed by atoms with E-state index in [9.17, 15) is 4.79 Å². The van der Waals surface area contributed by atoms with E-state index < -0.39 is 6.10 Å². The fourth-order valence-corrected chi connectivity index (χ4v) is 3.45. The monoisotopic (exact) mass is 326 g/mol. The molecule has 1 aromatic heterocycles. The van der Waals surface area contributed by atoms with Crippen molar-refractivity contribution in [2.75, 3.05) is 11.9 Å². The summed E-state index contributed by atoms with van der Waals surface area (Å²) in [5, 5.41) is 5.78. The third kappa shape index (κ3) is 3.07. The number of rotatable bonds is 5. The molecule has 0 bridgehead atoms. The number of anilines is 1. The molecule has 1 unspecified atom stereocenters. The van der Waals surface area contributed by atoms with Gasteiger partial charge in [0.15, 0.2) is 5.13 Å². The Bertz CT molecular complexity index is 870. The number of hydrogen-bond acceptors (Lipinski definition) is 4. The third-order valence-corrected chi connectivity index (χ3v) is 5.10. The number of thiazole rings is 1. The number of hydrogen-bond donors (Lipinski definition) is 1. The fraction of sp³-hybridized carbons (Fsp3) is 0.333. The van der Waals surface area contributed by atoms with E-state index in [0.717, 1.165) is 21.0 Å². The van der Waals surface area contributed by atoms with Gasteiger partial charge in [-0.1, -0.05) is 41.7 Å². The average molecular weight is 326 g/mol. The molecular weight excluding hydrogens is 308 g/mol. The molecule has 0 saturated heterocycles. The molecule has 2 aromatic carbocycles. The van der Waals surface area contributed by atoms with Crippen LogP contribution in [0.2, 0.25) is 0 Å². The molecule has 23 heavy (non-hydrogen) atoms. The first kappa shape index (κ1) is 14.6. The van der Waals surface area contributed by atoms with Crippen LogP contribution in [0.1, 0.15) is 19.8 Å². The Kier molecular flexibility index (Phi) is 3.75. The molecule has 1 heterocycles. The minimum Gasteiger partial charge on any atom is -0.368 e. The number of nitrogens with one attached hydrogen (secondary N) is 1. The highest BCUT2D eigenvalue weighted by Gasteiger charge is 2.24. The first-order valence-corrected chi connectivity index (χ1v) is 8.73. The van der Waals surface area contributed by atoms with Crippen molar-refractivity contribution < 1.29 is 9.53 Å². The highest BCUT2D eigenvalue weighted by Crippen LogP contribution is 2.32. The van der Waals surface area contributed by atoms with Gasteiger partial charge >= 0.3 is 0 Å². The van der Waals surface area contributed by atoms with Crippen molar-refractivity contribution in [3.8, 4) is 0 Å². The molecule has 1 N–H and O–H groups in total. The molecule has 4 nitrogen and oxygen atoms in total. The minimum atomic E-state index is -0.445. The Morgan fingerprint density at radius 3 is 3.00 bits per heavy atom. The van der Waals surface area contributed by atoms with Crippen LogP contribution >= 0.6 is 11.3 Å². The number of benzene rings is 2. The minimum absolute atomic E-state index is 0.131. The Hall–Kier alpha value is -1.98. The van der Waals surface area contributed by atoms with E-state index in [1.165, 1.54) is 24.2 Å². The molecular formula is C18H18N2O2S. The van der Waals surface area contributed by atoms with E-state index in [1.807, 2.05) is 12.1 Å². The molecule has 1 amide bonds. The lowest BCUT2D eigenvalue weighted by molar-refractivity contribution is -0.126. The largest absolute Gasteiger partial charge is 0.368 e. The molecule has 0 spiro atoms. The molecule has 4 rings (SSSR count). The maximum absolute atomic E-state index is 12.2. The molecule has 0 aliphatic heterocycles. The second-order valence-corrected chi connectivity index (χ2v) is 7.09. The molecule has 118 valence electrons. The van der Waals surface area contributed by atoms with Crippen molar-refractivity contribution >= 4 is 43.4 Å². The summed E-state index contributed by atoms with van der Waals surface area (Å²) in [6.45, 7) is 2.47. The predicted octanol–water partition coefficient (Wildman–Crippen LogP) is 4.20. The van der Waals surface area contributed by atoms with Crippen LogP contribution in [-0.4, -0.2) is 23.6 Å². The molecule has 1 aliphatic rings. The van der Waals surface area contributed by atoms with Crippen LogP contribution in [0.15, 0.2) is 36.4 Å². The quantitative estimate of drug-likeness (QED) is 0.764. The van der Waals surface area contributed by atoms with Gasteiger partial charge in [0.25, 0.3) is 5.91 Å². The van der Waals surface area contributed by atoms with E-state index in [4.69, 9.17) is 4.74 Å². The maximum atomic E-state index is 12.2.